The molecule has 10 nitrogen and oxygen atoms in total. The van der Waals surface area contributed by atoms with Crippen molar-refractivity contribution in [3.05, 3.63) is 35.3 Å². The van der Waals surface area contributed by atoms with Crippen molar-refractivity contribution >= 4 is 23.5 Å². The molecule has 0 aliphatic heterocycles. The Hall–Kier alpha value is -3.65. The average Bonchev–Trinajstić information content (AvgIpc) is 3.88. The van der Waals surface area contributed by atoms with Crippen LogP contribution in [0.25, 0.3) is 0 Å². The molecule has 0 aromatic carbocycles. The number of rotatable bonds is 11. The molecule has 3 aliphatic rings. The Balaban J connectivity index is 1.30. The van der Waals surface area contributed by atoms with Crippen LogP contribution in [0.5, 0.6) is 0 Å². The number of anilines is 1. The molecule has 2 aromatic heterocycles. The summed E-state index contributed by atoms with van der Waals surface area (Å²) in [5.41, 5.74) is 0.883. The predicted octanol–water partition coefficient (Wildman–Crippen LogP) is 4.81. The van der Waals surface area contributed by atoms with Crippen molar-refractivity contribution in [1.82, 2.24) is 25.9 Å². The van der Waals surface area contributed by atoms with Crippen molar-refractivity contribution in [3.63, 3.8) is 0 Å². The van der Waals surface area contributed by atoms with Crippen molar-refractivity contribution in [2.24, 2.45) is 11.8 Å². The molecule has 42 heavy (non-hydrogen) atoms. The van der Waals surface area contributed by atoms with E-state index in [1.807, 2.05) is 0 Å². The summed E-state index contributed by atoms with van der Waals surface area (Å²) >= 11 is 0. The van der Waals surface area contributed by atoms with E-state index in [-0.39, 0.29) is 36.2 Å². The summed E-state index contributed by atoms with van der Waals surface area (Å²) in [6, 6.07) is 1.35. The Morgan fingerprint density at radius 2 is 1.71 bits per heavy atom. The summed E-state index contributed by atoms with van der Waals surface area (Å²) < 4.78 is 70.3. The Kier molecular flexibility index (Phi) is 8.46. The standard InChI is InChI=1S/C27H31F5N6O4/c28-26(29)9-5-16(6-10-26)22(36-25(41)23-21(15-3-4-15)37-42-38-23)24(40)34-18-13-17(8-12-33-18)20(14-1-2-14)35-19(39)7-11-27(30,31)32/h8,12-16,20,22H,1-7,9-11H2,(H,35,39)(H,36,41)(H,33,34,40). The lowest BCUT2D eigenvalue weighted by Crippen LogP contribution is -2.50. The summed E-state index contributed by atoms with van der Waals surface area (Å²) in [7, 11) is 0. The number of nitrogens with zero attached hydrogens (tertiary/aromatic N) is 3. The number of halogens is 5. The predicted molar refractivity (Wildman–Crippen MR) is 136 cm³/mol. The van der Waals surface area contributed by atoms with Gasteiger partial charge in [-0.05, 0) is 73.2 Å². The first kappa shape index (κ1) is 29.8. The first-order chi connectivity index (χ1) is 19.9. The zero-order chi connectivity index (χ0) is 30.1. The van der Waals surface area contributed by atoms with E-state index < -0.39 is 73.5 Å². The molecule has 0 bridgehead atoms. The largest absolute Gasteiger partial charge is 0.389 e. The smallest absolute Gasteiger partial charge is 0.349 e. The summed E-state index contributed by atoms with van der Waals surface area (Å²) in [4.78, 5) is 43.0. The lowest BCUT2D eigenvalue weighted by Gasteiger charge is -2.33. The molecule has 3 N–H and O–H groups in total. The second-order valence-electron chi connectivity index (χ2n) is 11.4. The lowest BCUT2D eigenvalue weighted by atomic mass is 9.81. The number of amides is 3. The third-order valence-corrected chi connectivity index (χ3v) is 7.94. The van der Waals surface area contributed by atoms with Crippen LogP contribution in [0.4, 0.5) is 27.8 Å². The first-order valence-electron chi connectivity index (χ1n) is 14.0. The number of hydrogen-bond acceptors (Lipinski definition) is 7. The second-order valence-corrected chi connectivity index (χ2v) is 11.4. The SMILES string of the molecule is O=C(CCC(F)(F)F)NC(c1ccnc(NC(=O)C(NC(=O)c2nonc2C2CC2)C2CCC(F)(F)CC2)c1)C1CC1. The quantitative estimate of drug-likeness (QED) is 0.316. The number of carbonyl (C=O) groups is 3. The molecule has 5 rings (SSSR count). The van der Waals surface area contributed by atoms with E-state index in [0.717, 1.165) is 25.7 Å². The number of nitrogens with one attached hydrogen (secondary N) is 3. The van der Waals surface area contributed by atoms with Gasteiger partial charge in [0, 0.05) is 31.4 Å². The normalized spacial score (nSPS) is 20.4. The topological polar surface area (TPSA) is 139 Å². The van der Waals surface area contributed by atoms with E-state index in [2.05, 4.69) is 31.2 Å². The van der Waals surface area contributed by atoms with Gasteiger partial charge >= 0.3 is 6.18 Å². The fraction of sp³-hybridized carbons (Fsp3) is 0.630. The van der Waals surface area contributed by atoms with Crippen molar-refractivity contribution in [1.29, 1.82) is 0 Å². The molecule has 2 unspecified atom stereocenters. The zero-order valence-electron chi connectivity index (χ0n) is 22.6. The van der Waals surface area contributed by atoms with Crippen LogP contribution in [-0.4, -0.2) is 51.2 Å². The Labute approximate surface area is 237 Å². The monoisotopic (exact) mass is 598 g/mol. The maximum Gasteiger partial charge on any atom is 0.389 e. The first-order valence-corrected chi connectivity index (χ1v) is 14.0. The fourth-order valence-electron chi connectivity index (χ4n) is 5.30. The molecule has 3 saturated carbocycles. The molecule has 0 spiro atoms. The van der Waals surface area contributed by atoms with Crippen LogP contribution < -0.4 is 16.0 Å². The van der Waals surface area contributed by atoms with Crippen LogP contribution in [-0.2, 0) is 9.59 Å². The number of hydrogen-bond donors (Lipinski definition) is 3. The van der Waals surface area contributed by atoms with Crippen molar-refractivity contribution in [2.75, 3.05) is 5.32 Å². The van der Waals surface area contributed by atoms with Gasteiger partial charge < -0.3 is 16.0 Å². The highest BCUT2D eigenvalue weighted by Gasteiger charge is 2.42. The summed E-state index contributed by atoms with van der Waals surface area (Å²) in [5.74, 6) is -5.41. The molecular weight excluding hydrogens is 567 g/mol. The Morgan fingerprint density at radius 3 is 2.36 bits per heavy atom. The maximum absolute atomic E-state index is 13.9. The van der Waals surface area contributed by atoms with Gasteiger partial charge in [0.1, 0.15) is 17.6 Å². The molecule has 15 heteroatoms. The fourth-order valence-corrected chi connectivity index (χ4v) is 5.30. The average molecular weight is 599 g/mol. The van der Waals surface area contributed by atoms with Crippen LogP contribution in [0.1, 0.15) is 97.9 Å². The van der Waals surface area contributed by atoms with Gasteiger partial charge in [-0.15, -0.1) is 0 Å². The van der Waals surface area contributed by atoms with E-state index in [0.29, 0.717) is 11.3 Å². The summed E-state index contributed by atoms with van der Waals surface area (Å²) in [6.07, 6.45) is -2.67. The van der Waals surface area contributed by atoms with E-state index in [1.54, 1.807) is 6.07 Å². The summed E-state index contributed by atoms with van der Waals surface area (Å²) in [6.45, 7) is 0. The minimum atomic E-state index is -4.45. The van der Waals surface area contributed by atoms with Crippen LogP contribution in [0.2, 0.25) is 0 Å². The van der Waals surface area contributed by atoms with Crippen molar-refractivity contribution < 1.29 is 41.0 Å². The summed E-state index contributed by atoms with van der Waals surface area (Å²) in [5, 5.41) is 15.4. The zero-order valence-corrected chi connectivity index (χ0v) is 22.6. The highest BCUT2D eigenvalue weighted by molar-refractivity contribution is 6.00. The van der Waals surface area contributed by atoms with Crippen molar-refractivity contribution in [2.45, 2.75) is 94.3 Å². The Bertz CT molecular complexity index is 1300. The molecule has 0 radical (unpaired) electrons. The molecule has 3 aliphatic carbocycles. The molecule has 3 fully saturated rings. The third kappa shape index (κ3) is 7.79. The number of aromatic nitrogens is 3. The highest BCUT2D eigenvalue weighted by atomic mass is 19.4. The minimum Gasteiger partial charge on any atom is -0.349 e. The molecule has 2 atom stereocenters. The Morgan fingerprint density at radius 1 is 1.00 bits per heavy atom. The lowest BCUT2D eigenvalue weighted by molar-refractivity contribution is -0.144. The van der Waals surface area contributed by atoms with Gasteiger partial charge in [-0.2, -0.15) is 13.2 Å². The van der Waals surface area contributed by atoms with E-state index in [4.69, 9.17) is 4.63 Å². The van der Waals surface area contributed by atoms with Crippen LogP contribution in [0.15, 0.2) is 23.0 Å². The van der Waals surface area contributed by atoms with E-state index in [1.165, 1.54) is 12.3 Å². The van der Waals surface area contributed by atoms with E-state index >= 15 is 0 Å². The second kappa shape index (κ2) is 11.9. The molecule has 2 aromatic rings. The number of carbonyl (C=O) groups excluding carboxylic acids is 3. The van der Waals surface area contributed by atoms with Crippen molar-refractivity contribution in [3.8, 4) is 0 Å². The minimum absolute atomic E-state index is 0.000899. The molecular formula is C27H31F5N6O4. The molecule has 3 amide bonds. The third-order valence-electron chi connectivity index (χ3n) is 7.94. The van der Waals surface area contributed by atoms with Gasteiger partial charge in [0.2, 0.25) is 17.7 Å². The van der Waals surface area contributed by atoms with Gasteiger partial charge in [0.25, 0.3) is 5.91 Å². The number of alkyl halides is 5. The molecule has 228 valence electrons. The van der Waals surface area contributed by atoms with Gasteiger partial charge in [-0.1, -0.05) is 5.16 Å². The maximum atomic E-state index is 13.9. The van der Waals surface area contributed by atoms with E-state index in [9.17, 15) is 36.3 Å². The van der Waals surface area contributed by atoms with Crippen LogP contribution >= 0.6 is 0 Å². The van der Waals surface area contributed by atoms with Crippen LogP contribution in [0, 0.1) is 11.8 Å². The van der Waals surface area contributed by atoms with Crippen LogP contribution in [0.3, 0.4) is 0 Å². The number of pyridine rings is 1. The molecule has 2 heterocycles. The highest BCUT2D eigenvalue weighted by Crippen LogP contribution is 2.42. The van der Waals surface area contributed by atoms with Gasteiger partial charge in [0.05, 0.1) is 12.5 Å². The van der Waals surface area contributed by atoms with Gasteiger partial charge in [-0.3, -0.25) is 14.4 Å². The van der Waals surface area contributed by atoms with Gasteiger partial charge in [0.15, 0.2) is 5.69 Å². The molecule has 0 saturated heterocycles. The van der Waals surface area contributed by atoms with Gasteiger partial charge in [-0.25, -0.2) is 18.4 Å².